The second-order valence-corrected chi connectivity index (χ2v) is 4.05. The van der Waals surface area contributed by atoms with Gasteiger partial charge >= 0.3 is 0 Å². The van der Waals surface area contributed by atoms with E-state index in [9.17, 15) is 4.39 Å². The quantitative estimate of drug-likeness (QED) is 0.824. The fraction of sp³-hybridized carbons (Fsp3) is 0.500. The van der Waals surface area contributed by atoms with Gasteiger partial charge < -0.3 is 10.5 Å². The standard InChI is InChI=1S/C12H16FNO/c13-10-4-1-3-9(7-10)8-11(14)12-5-2-6-15-12/h1,3-4,7,11-12H,2,5-6,8,14H2. The van der Waals surface area contributed by atoms with Crippen LogP contribution in [0.1, 0.15) is 18.4 Å². The van der Waals surface area contributed by atoms with Crippen LogP contribution in [0, 0.1) is 5.82 Å². The lowest BCUT2D eigenvalue weighted by atomic mass is 10.0. The van der Waals surface area contributed by atoms with E-state index >= 15 is 0 Å². The molecule has 2 unspecified atom stereocenters. The van der Waals surface area contributed by atoms with Gasteiger partial charge in [-0.2, -0.15) is 0 Å². The highest BCUT2D eigenvalue weighted by Gasteiger charge is 2.22. The predicted octanol–water partition coefficient (Wildman–Crippen LogP) is 1.87. The van der Waals surface area contributed by atoms with Crippen molar-refractivity contribution < 1.29 is 9.13 Å². The average Bonchev–Trinajstić information content (AvgIpc) is 2.70. The minimum atomic E-state index is -0.202. The first-order valence-corrected chi connectivity index (χ1v) is 5.37. The molecule has 0 aromatic heterocycles. The molecule has 3 heteroatoms. The Morgan fingerprint density at radius 1 is 1.53 bits per heavy atom. The van der Waals surface area contributed by atoms with Crippen molar-refractivity contribution >= 4 is 0 Å². The van der Waals surface area contributed by atoms with Crippen molar-refractivity contribution in [1.82, 2.24) is 0 Å². The van der Waals surface area contributed by atoms with Crippen LogP contribution in [0.4, 0.5) is 4.39 Å². The molecule has 0 saturated carbocycles. The zero-order valence-corrected chi connectivity index (χ0v) is 8.66. The Balaban J connectivity index is 1.95. The van der Waals surface area contributed by atoms with E-state index in [2.05, 4.69) is 0 Å². The topological polar surface area (TPSA) is 35.2 Å². The van der Waals surface area contributed by atoms with Crippen LogP contribution in [-0.4, -0.2) is 18.8 Å². The van der Waals surface area contributed by atoms with Gasteiger partial charge in [0.05, 0.1) is 6.10 Å². The molecule has 82 valence electrons. The van der Waals surface area contributed by atoms with E-state index < -0.39 is 0 Å². The molecule has 0 radical (unpaired) electrons. The third-order valence-electron chi connectivity index (χ3n) is 2.80. The summed E-state index contributed by atoms with van der Waals surface area (Å²) >= 11 is 0. The van der Waals surface area contributed by atoms with Gasteiger partial charge in [0.15, 0.2) is 0 Å². The maximum Gasteiger partial charge on any atom is 0.123 e. The van der Waals surface area contributed by atoms with Crippen LogP contribution in [0.25, 0.3) is 0 Å². The molecule has 0 bridgehead atoms. The molecule has 2 rings (SSSR count). The van der Waals surface area contributed by atoms with Crippen LogP contribution in [0.3, 0.4) is 0 Å². The van der Waals surface area contributed by atoms with Gasteiger partial charge in [-0.1, -0.05) is 12.1 Å². The summed E-state index contributed by atoms with van der Waals surface area (Å²) in [5, 5.41) is 0. The van der Waals surface area contributed by atoms with E-state index in [1.54, 1.807) is 6.07 Å². The first-order chi connectivity index (χ1) is 7.25. The first kappa shape index (κ1) is 10.6. The zero-order valence-electron chi connectivity index (χ0n) is 8.66. The highest BCUT2D eigenvalue weighted by Crippen LogP contribution is 2.17. The molecule has 1 heterocycles. The molecule has 1 saturated heterocycles. The molecule has 0 amide bonds. The van der Waals surface area contributed by atoms with Crippen molar-refractivity contribution in [3.8, 4) is 0 Å². The second kappa shape index (κ2) is 4.73. The summed E-state index contributed by atoms with van der Waals surface area (Å²) in [6, 6.07) is 6.58. The number of ether oxygens (including phenoxy) is 1. The summed E-state index contributed by atoms with van der Waals surface area (Å²) in [5.41, 5.74) is 6.96. The van der Waals surface area contributed by atoms with Crippen LogP contribution in [0.2, 0.25) is 0 Å². The first-order valence-electron chi connectivity index (χ1n) is 5.37. The number of nitrogens with two attached hydrogens (primary N) is 1. The Kier molecular flexibility index (Phi) is 3.34. The lowest BCUT2D eigenvalue weighted by Crippen LogP contribution is -2.36. The van der Waals surface area contributed by atoms with Crippen LogP contribution in [0.15, 0.2) is 24.3 Å². The maximum absolute atomic E-state index is 12.9. The number of rotatable bonds is 3. The van der Waals surface area contributed by atoms with Gasteiger partial charge in [-0.3, -0.25) is 0 Å². The van der Waals surface area contributed by atoms with Gasteiger partial charge in [0.25, 0.3) is 0 Å². The van der Waals surface area contributed by atoms with Crippen LogP contribution >= 0.6 is 0 Å². The molecule has 2 atom stereocenters. The van der Waals surface area contributed by atoms with E-state index in [4.69, 9.17) is 10.5 Å². The third-order valence-corrected chi connectivity index (χ3v) is 2.80. The number of halogens is 1. The Bertz CT molecular complexity index is 323. The van der Waals surface area contributed by atoms with Crippen LogP contribution in [-0.2, 0) is 11.2 Å². The van der Waals surface area contributed by atoms with Gasteiger partial charge in [0.1, 0.15) is 5.82 Å². The Morgan fingerprint density at radius 3 is 3.07 bits per heavy atom. The lowest BCUT2D eigenvalue weighted by molar-refractivity contribution is 0.0900. The molecule has 0 spiro atoms. The number of hydrogen-bond donors (Lipinski definition) is 1. The summed E-state index contributed by atoms with van der Waals surface area (Å²) < 4.78 is 18.4. The zero-order chi connectivity index (χ0) is 10.7. The number of benzene rings is 1. The summed E-state index contributed by atoms with van der Waals surface area (Å²) in [4.78, 5) is 0. The Morgan fingerprint density at radius 2 is 2.40 bits per heavy atom. The minimum absolute atomic E-state index is 0.0192. The van der Waals surface area contributed by atoms with E-state index in [-0.39, 0.29) is 18.0 Å². The summed E-state index contributed by atoms with van der Waals surface area (Å²) in [6.45, 7) is 0.807. The molecule has 1 aromatic carbocycles. The maximum atomic E-state index is 12.9. The molecule has 1 aliphatic heterocycles. The van der Waals surface area contributed by atoms with Crippen molar-refractivity contribution in [1.29, 1.82) is 0 Å². The highest BCUT2D eigenvalue weighted by atomic mass is 19.1. The summed E-state index contributed by atoms with van der Waals surface area (Å²) in [6.07, 6.45) is 2.94. The van der Waals surface area contributed by atoms with E-state index in [1.165, 1.54) is 12.1 Å². The van der Waals surface area contributed by atoms with Crippen molar-refractivity contribution in [3.63, 3.8) is 0 Å². The largest absolute Gasteiger partial charge is 0.377 e. The van der Waals surface area contributed by atoms with E-state index in [1.807, 2.05) is 6.07 Å². The molecule has 0 aliphatic carbocycles. The molecule has 1 aliphatic rings. The van der Waals surface area contributed by atoms with Gasteiger partial charge in [0, 0.05) is 12.6 Å². The second-order valence-electron chi connectivity index (χ2n) is 4.05. The van der Waals surface area contributed by atoms with Crippen molar-refractivity contribution in [3.05, 3.63) is 35.6 Å². The van der Waals surface area contributed by atoms with Gasteiger partial charge in [0.2, 0.25) is 0 Å². The monoisotopic (exact) mass is 209 g/mol. The molecule has 15 heavy (non-hydrogen) atoms. The minimum Gasteiger partial charge on any atom is -0.377 e. The average molecular weight is 209 g/mol. The lowest BCUT2D eigenvalue weighted by Gasteiger charge is -2.18. The molecule has 1 fully saturated rings. The molecule has 2 N–H and O–H groups in total. The smallest absolute Gasteiger partial charge is 0.123 e. The molecule has 2 nitrogen and oxygen atoms in total. The molecular weight excluding hydrogens is 193 g/mol. The van der Waals surface area contributed by atoms with Crippen molar-refractivity contribution in [2.75, 3.05) is 6.61 Å². The van der Waals surface area contributed by atoms with Gasteiger partial charge in [-0.25, -0.2) is 4.39 Å². The fourth-order valence-corrected chi connectivity index (χ4v) is 2.01. The Hall–Kier alpha value is -0.930. The molecule has 1 aromatic rings. The van der Waals surface area contributed by atoms with Gasteiger partial charge in [-0.15, -0.1) is 0 Å². The van der Waals surface area contributed by atoms with Crippen molar-refractivity contribution in [2.45, 2.75) is 31.4 Å². The SMILES string of the molecule is NC(Cc1cccc(F)c1)C1CCCO1. The third kappa shape index (κ3) is 2.76. The number of hydrogen-bond acceptors (Lipinski definition) is 2. The molecular formula is C12H16FNO. The van der Waals surface area contributed by atoms with Crippen molar-refractivity contribution in [2.24, 2.45) is 5.73 Å². The summed E-state index contributed by atoms with van der Waals surface area (Å²) in [7, 11) is 0. The highest BCUT2D eigenvalue weighted by molar-refractivity contribution is 5.17. The van der Waals surface area contributed by atoms with Gasteiger partial charge in [-0.05, 0) is 37.0 Å². The Labute approximate surface area is 89.2 Å². The fourth-order valence-electron chi connectivity index (χ4n) is 2.01. The summed E-state index contributed by atoms with van der Waals surface area (Å²) in [5.74, 6) is -0.202. The van der Waals surface area contributed by atoms with E-state index in [0.717, 1.165) is 25.0 Å². The normalized spacial score (nSPS) is 22.9. The predicted molar refractivity (Wildman–Crippen MR) is 57.1 cm³/mol. The van der Waals surface area contributed by atoms with E-state index in [0.29, 0.717) is 6.42 Å². The van der Waals surface area contributed by atoms with Crippen LogP contribution < -0.4 is 5.73 Å². The van der Waals surface area contributed by atoms with Crippen LogP contribution in [0.5, 0.6) is 0 Å².